The topological polar surface area (TPSA) is 56.2 Å². The largest absolute Gasteiger partial charge is 0.330 e. The van der Waals surface area contributed by atoms with E-state index in [1.54, 1.807) is 11.3 Å². The molecule has 14 heavy (non-hydrogen) atoms. The molecule has 0 unspecified atom stereocenters. The van der Waals surface area contributed by atoms with Crippen LogP contribution in [0.15, 0.2) is 5.38 Å². The predicted molar refractivity (Wildman–Crippen MR) is 57.7 cm³/mol. The first kappa shape index (κ1) is 9.61. The molecule has 0 aliphatic heterocycles. The maximum atomic E-state index is 5.56. The number of fused-ring (bicyclic) bond motifs is 1. The van der Waals surface area contributed by atoms with E-state index in [0.717, 1.165) is 17.2 Å². The quantitative estimate of drug-likeness (QED) is 0.833. The first-order valence-corrected chi connectivity index (χ1v) is 5.63. The van der Waals surface area contributed by atoms with Gasteiger partial charge in [0.25, 0.3) is 0 Å². The lowest BCUT2D eigenvalue weighted by atomic mass is 10.2. The minimum Gasteiger partial charge on any atom is -0.330 e. The molecule has 0 spiro atoms. The number of rotatable bonds is 3. The summed E-state index contributed by atoms with van der Waals surface area (Å²) in [4.78, 5) is 0.970. The first-order valence-electron chi connectivity index (χ1n) is 4.75. The lowest BCUT2D eigenvalue weighted by Gasteiger charge is -2.03. The summed E-state index contributed by atoms with van der Waals surface area (Å²) in [5.74, 6) is 1.43. The molecule has 0 atom stereocenters. The van der Waals surface area contributed by atoms with Crippen LogP contribution < -0.4 is 5.73 Å². The second kappa shape index (κ2) is 3.67. The number of hydrogen-bond acceptors (Lipinski definition) is 4. The molecule has 0 radical (unpaired) electrons. The highest BCUT2D eigenvalue weighted by atomic mass is 32.1. The van der Waals surface area contributed by atoms with Gasteiger partial charge in [0, 0.05) is 23.4 Å². The van der Waals surface area contributed by atoms with Crippen LogP contribution in [0.4, 0.5) is 0 Å². The van der Waals surface area contributed by atoms with Gasteiger partial charge in [-0.3, -0.25) is 4.40 Å². The van der Waals surface area contributed by atoms with E-state index in [0.29, 0.717) is 12.5 Å². The van der Waals surface area contributed by atoms with E-state index in [2.05, 4.69) is 33.8 Å². The minimum atomic E-state index is 0.399. The second-order valence-electron chi connectivity index (χ2n) is 3.60. The van der Waals surface area contributed by atoms with Crippen molar-refractivity contribution < 1.29 is 0 Å². The highest BCUT2D eigenvalue weighted by Gasteiger charge is 2.13. The minimum absolute atomic E-state index is 0.399. The third-order valence-electron chi connectivity index (χ3n) is 2.16. The molecule has 76 valence electrons. The monoisotopic (exact) mass is 210 g/mol. The zero-order chi connectivity index (χ0) is 10.1. The van der Waals surface area contributed by atoms with Gasteiger partial charge in [-0.25, -0.2) is 0 Å². The molecule has 4 nitrogen and oxygen atoms in total. The van der Waals surface area contributed by atoms with Crippen molar-refractivity contribution in [3.8, 4) is 0 Å². The van der Waals surface area contributed by atoms with Gasteiger partial charge in [0.15, 0.2) is 0 Å². The van der Waals surface area contributed by atoms with Crippen LogP contribution in [-0.4, -0.2) is 21.1 Å². The van der Waals surface area contributed by atoms with Gasteiger partial charge in [0.1, 0.15) is 5.82 Å². The number of nitrogens with zero attached hydrogens (tertiary/aromatic N) is 3. The molecule has 0 aliphatic rings. The molecule has 0 saturated carbocycles. The third-order valence-corrected chi connectivity index (χ3v) is 3.03. The van der Waals surface area contributed by atoms with Crippen LogP contribution in [-0.2, 0) is 6.42 Å². The van der Waals surface area contributed by atoms with Crippen molar-refractivity contribution in [2.24, 2.45) is 5.73 Å². The fourth-order valence-corrected chi connectivity index (χ4v) is 2.36. The molecule has 0 aliphatic carbocycles. The molecule has 0 amide bonds. The summed E-state index contributed by atoms with van der Waals surface area (Å²) < 4.78 is 2.13. The van der Waals surface area contributed by atoms with Gasteiger partial charge in [-0.15, -0.1) is 21.5 Å². The Hall–Kier alpha value is -0.940. The lowest BCUT2D eigenvalue weighted by molar-refractivity contribution is 0.742. The molecule has 0 bridgehead atoms. The highest BCUT2D eigenvalue weighted by molar-refractivity contribution is 7.15. The zero-order valence-corrected chi connectivity index (χ0v) is 9.21. The van der Waals surface area contributed by atoms with Crippen molar-refractivity contribution >= 4 is 16.3 Å². The van der Waals surface area contributed by atoms with E-state index in [1.165, 1.54) is 5.69 Å². The molecule has 2 aromatic rings. The van der Waals surface area contributed by atoms with Gasteiger partial charge in [-0.1, -0.05) is 13.8 Å². The Kier molecular flexibility index (Phi) is 2.52. The number of nitrogens with two attached hydrogens (primary N) is 1. The van der Waals surface area contributed by atoms with Gasteiger partial charge in [-0.05, 0) is 6.54 Å². The Bertz CT molecular complexity index is 429. The maximum Gasteiger partial charge on any atom is 0.216 e. The average Bonchev–Trinajstić information content (AvgIpc) is 2.67. The van der Waals surface area contributed by atoms with Crippen LogP contribution in [0.5, 0.6) is 0 Å². The molecule has 2 rings (SSSR count). The van der Waals surface area contributed by atoms with Crippen LogP contribution in [0, 0.1) is 0 Å². The summed E-state index contributed by atoms with van der Waals surface area (Å²) >= 11 is 1.63. The summed E-state index contributed by atoms with van der Waals surface area (Å²) in [6.45, 7) is 4.92. The third kappa shape index (κ3) is 1.42. The van der Waals surface area contributed by atoms with Gasteiger partial charge in [0.05, 0.1) is 0 Å². The molecule has 5 heteroatoms. The fraction of sp³-hybridized carbons (Fsp3) is 0.556. The highest BCUT2D eigenvalue weighted by Crippen LogP contribution is 2.20. The predicted octanol–water partition coefficient (Wildman–Crippen LogP) is 1.42. The Morgan fingerprint density at radius 3 is 2.93 bits per heavy atom. The normalized spacial score (nSPS) is 11.7. The molecular formula is C9H14N4S. The standard InChI is InChI=1S/C9H14N4S/c1-6(2)8-11-12-9-13(8)7(3-4-10)5-14-9/h5-6H,3-4,10H2,1-2H3. The summed E-state index contributed by atoms with van der Waals surface area (Å²) in [7, 11) is 0. The molecule has 0 saturated heterocycles. The fourth-order valence-electron chi connectivity index (χ4n) is 1.49. The molecular weight excluding hydrogens is 196 g/mol. The molecule has 0 aromatic carbocycles. The van der Waals surface area contributed by atoms with Gasteiger partial charge in [-0.2, -0.15) is 0 Å². The van der Waals surface area contributed by atoms with Crippen LogP contribution >= 0.6 is 11.3 Å². The molecule has 2 aromatic heterocycles. The van der Waals surface area contributed by atoms with Crippen molar-refractivity contribution in [2.45, 2.75) is 26.2 Å². The average molecular weight is 210 g/mol. The van der Waals surface area contributed by atoms with E-state index in [9.17, 15) is 0 Å². The Labute approximate surface area is 86.8 Å². The number of thiazole rings is 1. The van der Waals surface area contributed by atoms with Crippen LogP contribution in [0.25, 0.3) is 4.96 Å². The van der Waals surface area contributed by atoms with Crippen LogP contribution in [0.3, 0.4) is 0 Å². The van der Waals surface area contributed by atoms with E-state index in [4.69, 9.17) is 5.73 Å². The Morgan fingerprint density at radius 1 is 1.50 bits per heavy atom. The van der Waals surface area contributed by atoms with Gasteiger partial charge < -0.3 is 5.73 Å². The van der Waals surface area contributed by atoms with E-state index in [-0.39, 0.29) is 0 Å². The Morgan fingerprint density at radius 2 is 2.29 bits per heavy atom. The second-order valence-corrected chi connectivity index (χ2v) is 4.43. The van der Waals surface area contributed by atoms with Crippen molar-refractivity contribution in [2.75, 3.05) is 6.54 Å². The van der Waals surface area contributed by atoms with Gasteiger partial charge >= 0.3 is 0 Å². The van der Waals surface area contributed by atoms with Crippen LogP contribution in [0.1, 0.15) is 31.3 Å². The van der Waals surface area contributed by atoms with Crippen molar-refractivity contribution in [1.29, 1.82) is 0 Å². The lowest BCUT2D eigenvalue weighted by Crippen LogP contribution is -2.07. The summed E-state index contributed by atoms with van der Waals surface area (Å²) in [6, 6.07) is 0. The summed E-state index contributed by atoms with van der Waals surface area (Å²) in [5, 5.41) is 10.4. The van der Waals surface area contributed by atoms with Crippen molar-refractivity contribution in [3.05, 3.63) is 16.9 Å². The number of aromatic nitrogens is 3. The van der Waals surface area contributed by atoms with E-state index in [1.807, 2.05) is 0 Å². The first-order chi connectivity index (χ1) is 6.74. The van der Waals surface area contributed by atoms with E-state index < -0.39 is 0 Å². The van der Waals surface area contributed by atoms with Crippen molar-refractivity contribution in [3.63, 3.8) is 0 Å². The smallest absolute Gasteiger partial charge is 0.216 e. The zero-order valence-electron chi connectivity index (χ0n) is 8.40. The van der Waals surface area contributed by atoms with Crippen LogP contribution in [0.2, 0.25) is 0 Å². The molecule has 2 heterocycles. The summed E-state index contributed by atoms with van der Waals surface area (Å²) in [6.07, 6.45) is 0.887. The molecule has 2 N–H and O–H groups in total. The van der Waals surface area contributed by atoms with E-state index >= 15 is 0 Å². The summed E-state index contributed by atoms with van der Waals surface area (Å²) in [5.41, 5.74) is 6.78. The SMILES string of the molecule is CC(C)c1nnc2scc(CCN)n12. The number of hydrogen-bond donors (Lipinski definition) is 1. The maximum absolute atomic E-state index is 5.56. The van der Waals surface area contributed by atoms with Crippen molar-refractivity contribution in [1.82, 2.24) is 14.6 Å². The van der Waals surface area contributed by atoms with Gasteiger partial charge in [0.2, 0.25) is 4.96 Å². The molecule has 0 fully saturated rings. The Balaban J connectivity index is 2.55.